The van der Waals surface area contributed by atoms with Crippen molar-refractivity contribution in [2.75, 3.05) is 6.54 Å². The van der Waals surface area contributed by atoms with Gasteiger partial charge in [-0.05, 0) is 36.4 Å². The van der Waals surface area contributed by atoms with Crippen LogP contribution in [-0.4, -0.2) is 24.4 Å². The number of aryl methyl sites for hydroxylation is 1. The lowest BCUT2D eigenvalue weighted by Crippen LogP contribution is -2.35. The maximum Gasteiger partial charge on any atom is 0.244 e. The number of aliphatic hydroxyl groups is 1. The quantitative estimate of drug-likeness (QED) is 0.940. The second-order valence-corrected chi connectivity index (χ2v) is 9.00. The number of sulfonamides is 1. The lowest BCUT2D eigenvalue weighted by Gasteiger charge is -2.26. The Balaban J connectivity index is 1.95. The fourth-order valence-electron chi connectivity index (χ4n) is 2.43. The molecule has 0 aliphatic carbocycles. The van der Waals surface area contributed by atoms with E-state index in [2.05, 4.69) is 0 Å². The molecule has 2 aromatic rings. The van der Waals surface area contributed by atoms with Gasteiger partial charge in [0.15, 0.2) is 0 Å². The van der Waals surface area contributed by atoms with Crippen molar-refractivity contribution >= 4 is 32.7 Å². The molecular formula is C13H15NO3S3. The van der Waals surface area contributed by atoms with Crippen LogP contribution in [0.1, 0.15) is 20.2 Å². The van der Waals surface area contributed by atoms with Gasteiger partial charge in [0, 0.05) is 27.7 Å². The van der Waals surface area contributed by atoms with E-state index in [9.17, 15) is 8.42 Å². The molecule has 0 bridgehead atoms. The van der Waals surface area contributed by atoms with Crippen LogP contribution in [0.25, 0.3) is 0 Å². The summed E-state index contributed by atoms with van der Waals surface area (Å²) in [6.45, 7) is 2.65. The van der Waals surface area contributed by atoms with E-state index in [1.165, 1.54) is 20.5 Å². The van der Waals surface area contributed by atoms with E-state index in [1.807, 2.05) is 11.4 Å². The first-order valence-electron chi connectivity index (χ1n) is 6.28. The summed E-state index contributed by atoms with van der Waals surface area (Å²) in [4.78, 5) is 3.05. The highest BCUT2D eigenvalue weighted by Crippen LogP contribution is 2.32. The van der Waals surface area contributed by atoms with Crippen LogP contribution >= 0.6 is 22.7 Å². The molecular weight excluding hydrogens is 314 g/mol. The van der Waals surface area contributed by atoms with Crippen LogP contribution in [0.5, 0.6) is 0 Å². The third-order valence-electron chi connectivity index (χ3n) is 3.47. The predicted octanol–water partition coefficient (Wildman–Crippen LogP) is 2.36. The Kier molecular flexibility index (Phi) is 3.72. The van der Waals surface area contributed by atoms with E-state index in [0.29, 0.717) is 22.9 Å². The van der Waals surface area contributed by atoms with Crippen LogP contribution in [0.4, 0.5) is 0 Å². The third kappa shape index (κ3) is 2.33. The minimum absolute atomic E-state index is 0.115. The van der Waals surface area contributed by atoms with Gasteiger partial charge in [0.05, 0.1) is 11.5 Å². The van der Waals surface area contributed by atoms with E-state index < -0.39 is 10.0 Å². The van der Waals surface area contributed by atoms with Gasteiger partial charge in [0.25, 0.3) is 0 Å². The van der Waals surface area contributed by atoms with Crippen LogP contribution in [0.15, 0.2) is 22.4 Å². The van der Waals surface area contributed by atoms with Crippen molar-refractivity contribution in [2.24, 2.45) is 0 Å². The molecule has 4 nitrogen and oxygen atoms in total. The molecule has 0 spiro atoms. The van der Waals surface area contributed by atoms with Gasteiger partial charge in [0.2, 0.25) is 10.0 Å². The van der Waals surface area contributed by atoms with Crippen LogP contribution in [0, 0.1) is 6.92 Å². The standard InChI is InChI=1S/C13H15NO3S3/c1-9-13(6-11(8-15)19-9)20(16,17)14-4-2-12-10(7-14)3-5-18-12/h3,5-6,15H,2,4,7-8H2,1H3. The molecule has 1 N–H and O–H groups in total. The highest BCUT2D eigenvalue weighted by Gasteiger charge is 2.30. The molecule has 108 valence electrons. The molecule has 0 amide bonds. The van der Waals surface area contributed by atoms with Crippen molar-refractivity contribution < 1.29 is 13.5 Å². The summed E-state index contributed by atoms with van der Waals surface area (Å²) in [6.07, 6.45) is 0.780. The van der Waals surface area contributed by atoms with E-state index in [1.54, 1.807) is 24.3 Å². The first-order chi connectivity index (χ1) is 9.52. The summed E-state index contributed by atoms with van der Waals surface area (Å²) in [5, 5.41) is 11.2. The number of fused-ring (bicyclic) bond motifs is 1. The van der Waals surface area contributed by atoms with Crippen LogP contribution in [0.3, 0.4) is 0 Å². The molecule has 7 heteroatoms. The van der Waals surface area contributed by atoms with Gasteiger partial charge in [-0.1, -0.05) is 0 Å². The first-order valence-corrected chi connectivity index (χ1v) is 9.41. The highest BCUT2D eigenvalue weighted by atomic mass is 32.2. The van der Waals surface area contributed by atoms with Gasteiger partial charge < -0.3 is 5.11 Å². The largest absolute Gasteiger partial charge is 0.391 e. The molecule has 0 unspecified atom stereocenters. The van der Waals surface area contributed by atoms with Crippen molar-refractivity contribution in [2.45, 2.75) is 31.4 Å². The van der Waals surface area contributed by atoms with E-state index >= 15 is 0 Å². The van der Waals surface area contributed by atoms with Crippen LogP contribution < -0.4 is 0 Å². The number of hydrogen-bond acceptors (Lipinski definition) is 5. The number of nitrogens with zero attached hydrogens (tertiary/aromatic N) is 1. The minimum atomic E-state index is -3.47. The van der Waals surface area contributed by atoms with Crippen molar-refractivity contribution in [3.05, 3.63) is 37.7 Å². The molecule has 3 rings (SSSR count). The molecule has 0 saturated heterocycles. The zero-order valence-corrected chi connectivity index (χ0v) is 13.4. The Hall–Kier alpha value is -0.730. The second-order valence-electron chi connectivity index (χ2n) is 4.75. The molecule has 0 fully saturated rings. The summed E-state index contributed by atoms with van der Waals surface area (Å²) >= 11 is 3.03. The van der Waals surface area contributed by atoms with Gasteiger partial charge in [-0.2, -0.15) is 4.31 Å². The average molecular weight is 329 g/mol. The highest BCUT2D eigenvalue weighted by molar-refractivity contribution is 7.89. The zero-order valence-electron chi connectivity index (χ0n) is 11.0. The monoisotopic (exact) mass is 329 g/mol. The smallest absolute Gasteiger partial charge is 0.244 e. The summed E-state index contributed by atoms with van der Waals surface area (Å²) in [5.74, 6) is 0. The average Bonchev–Trinajstić information content (AvgIpc) is 3.03. The minimum Gasteiger partial charge on any atom is -0.391 e. The number of hydrogen-bond donors (Lipinski definition) is 1. The van der Waals surface area contributed by atoms with Gasteiger partial charge in [-0.25, -0.2) is 8.42 Å². The summed E-state index contributed by atoms with van der Waals surface area (Å²) in [6, 6.07) is 3.60. The topological polar surface area (TPSA) is 57.6 Å². The molecule has 1 aliphatic rings. The SMILES string of the molecule is Cc1sc(CO)cc1S(=O)(=O)N1CCc2sccc2C1. The second kappa shape index (κ2) is 5.23. The Bertz CT molecular complexity index is 730. The first kappa shape index (κ1) is 14.2. The molecule has 0 radical (unpaired) electrons. The van der Waals surface area contributed by atoms with E-state index in [0.717, 1.165) is 16.9 Å². The zero-order chi connectivity index (χ0) is 14.3. The lowest BCUT2D eigenvalue weighted by molar-refractivity contribution is 0.285. The maximum atomic E-state index is 12.7. The molecule has 0 saturated carbocycles. The van der Waals surface area contributed by atoms with Crippen molar-refractivity contribution in [3.63, 3.8) is 0 Å². The number of thiophene rings is 2. The molecule has 20 heavy (non-hydrogen) atoms. The van der Waals surface area contributed by atoms with Crippen LogP contribution in [-0.2, 0) is 29.6 Å². The lowest BCUT2D eigenvalue weighted by atomic mass is 10.1. The fraction of sp³-hybridized carbons (Fsp3) is 0.385. The molecule has 3 heterocycles. The van der Waals surface area contributed by atoms with Crippen LogP contribution in [0.2, 0.25) is 0 Å². The number of rotatable bonds is 3. The molecule has 0 aromatic carbocycles. The van der Waals surface area contributed by atoms with E-state index in [-0.39, 0.29) is 6.61 Å². The van der Waals surface area contributed by atoms with Crippen molar-refractivity contribution in [3.8, 4) is 0 Å². The normalized spacial score (nSPS) is 16.3. The Morgan fingerprint density at radius 2 is 2.25 bits per heavy atom. The third-order valence-corrected chi connectivity index (χ3v) is 7.63. The molecule has 2 aromatic heterocycles. The van der Waals surface area contributed by atoms with Gasteiger partial charge >= 0.3 is 0 Å². The van der Waals surface area contributed by atoms with Gasteiger partial charge in [0.1, 0.15) is 0 Å². The van der Waals surface area contributed by atoms with Crippen molar-refractivity contribution in [1.29, 1.82) is 0 Å². The van der Waals surface area contributed by atoms with Crippen molar-refractivity contribution in [1.82, 2.24) is 4.31 Å². The predicted molar refractivity (Wildman–Crippen MR) is 80.6 cm³/mol. The Morgan fingerprint density at radius 1 is 1.45 bits per heavy atom. The summed E-state index contributed by atoms with van der Waals surface area (Å²) in [7, 11) is -3.47. The van der Waals surface area contributed by atoms with Gasteiger partial charge in [-0.3, -0.25) is 0 Å². The maximum absolute atomic E-state index is 12.7. The Labute approximate surface area is 126 Å². The molecule has 0 atom stereocenters. The number of aliphatic hydroxyl groups excluding tert-OH is 1. The Morgan fingerprint density at radius 3 is 2.95 bits per heavy atom. The van der Waals surface area contributed by atoms with E-state index in [4.69, 9.17) is 5.11 Å². The van der Waals surface area contributed by atoms with Gasteiger partial charge in [-0.15, -0.1) is 22.7 Å². The molecule has 1 aliphatic heterocycles. The summed E-state index contributed by atoms with van der Waals surface area (Å²) < 4.78 is 27.0. The fourth-order valence-corrected chi connectivity index (χ4v) is 6.20. The summed E-state index contributed by atoms with van der Waals surface area (Å²) in [5.41, 5.74) is 1.11.